The van der Waals surface area contributed by atoms with Gasteiger partial charge in [0.15, 0.2) is 5.96 Å². The predicted octanol–water partition coefficient (Wildman–Crippen LogP) is 1.72. The molecule has 1 rings (SSSR count). The summed E-state index contributed by atoms with van der Waals surface area (Å²) in [5.74, 6) is 1.71. The van der Waals surface area contributed by atoms with Crippen LogP contribution in [-0.4, -0.2) is 64.9 Å². The summed E-state index contributed by atoms with van der Waals surface area (Å²) in [6.07, 6.45) is 1.03. The van der Waals surface area contributed by atoms with E-state index in [0.717, 1.165) is 49.9 Å². The number of guanidine groups is 1. The summed E-state index contributed by atoms with van der Waals surface area (Å²) in [5, 5.41) is 6.45. The van der Waals surface area contributed by atoms with E-state index in [2.05, 4.69) is 53.7 Å². The van der Waals surface area contributed by atoms with Crippen molar-refractivity contribution in [2.75, 3.05) is 54.1 Å². The Hall–Kier alpha value is -1.79. The summed E-state index contributed by atoms with van der Waals surface area (Å²) < 4.78 is 10.8. The molecule has 6 nitrogen and oxygen atoms in total. The zero-order valence-electron chi connectivity index (χ0n) is 15.5. The van der Waals surface area contributed by atoms with Gasteiger partial charge in [-0.15, -0.1) is 0 Å². The quantitative estimate of drug-likeness (QED) is 0.366. The molecule has 0 aliphatic heterocycles. The second kappa shape index (κ2) is 12.6. The van der Waals surface area contributed by atoms with Crippen molar-refractivity contribution in [2.24, 2.45) is 4.99 Å². The molecule has 0 spiro atoms. The van der Waals surface area contributed by atoms with Crippen molar-refractivity contribution >= 4 is 5.96 Å². The average molecular weight is 336 g/mol. The van der Waals surface area contributed by atoms with Crippen molar-refractivity contribution in [3.8, 4) is 5.75 Å². The van der Waals surface area contributed by atoms with Gasteiger partial charge in [0.1, 0.15) is 5.75 Å². The van der Waals surface area contributed by atoms with Crippen LogP contribution in [0.15, 0.2) is 29.3 Å². The molecule has 1 aromatic rings. The van der Waals surface area contributed by atoms with E-state index in [1.165, 1.54) is 0 Å². The van der Waals surface area contributed by atoms with E-state index in [4.69, 9.17) is 9.47 Å². The monoisotopic (exact) mass is 336 g/mol. The number of methoxy groups -OCH3 is 1. The lowest BCUT2D eigenvalue weighted by atomic mass is 10.2. The maximum atomic E-state index is 5.74. The first-order valence-corrected chi connectivity index (χ1v) is 8.53. The third-order valence-corrected chi connectivity index (χ3v) is 3.30. The lowest BCUT2D eigenvalue weighted by molar-refractivity contribution is 0.203. The van der Waals surface area contributed by atoms with Gasteiger partial charge in [-0.3, -0.25) is 0 Å². The average Bonchev–Trinajstić information content (AvgIpc) is 2.57. The summed E-state index contributed by atoms with van der Waals surface area (Å²) in [6.45, 7) is 6.68. The zero-order valence-corrected chi connectivity index (χ0v) is 15.5. The molecule has 0 saturated heterocycles. The van der Waals surface area contributed by atoms with Crippen LogP contribution in [0.3, 0.4) is 0 Å². The molecule has 0 aliphatic rings. The molecule has 0 bridgehead atoms. The highest BCUT2D eigenvalue weighted by Crippen LogP contribution is 2.13. The maximum absolute atomic E-state index is 5.74. The normalized spacial score (nSPS) is 11.6. The van der Waals surface area contributed by atoms with Crippen molar-refractivity contribution in [1.29, 1.82) is 0 Å². The van der Waals surface area contributed by atoms with Crippen LogP contribution in [0, 0.1) is 0 Å². The molecule has 0 saturated carbocycles. The number of rotatable bonds is 11. The smallest absolute Gasteiger partial charge is 0.191 e. The molecule has 0 unspecified atom stereocenters. The van der Waals surface area contributed by atoms with Crippen LogP contribution in [0.2, 0.25) is 0 Å². The van der Waals surface area contributed by atoms with Crippen LogP contribution < -0.4 is 15.4 Å². The Morgan fingerprint density at radius 1 is 1.12 bits per heavy atom. The van der Waals surface area contributed by atoms with Crippen molar-refractivity contribution < 1.29 is 9.47 Å². The minimum atomic E-state index is 0.628. The molecule has 0 atom stereocenters. The molecule has 136 valence electrons. The van der Waals surface area contributed by atoms with Crippen LogP contribution in [0.1, 0.15) is 18.9 Å². The number of nitrogens with one attached hydrogen (secondary N) is 2. The molecule has 0 aliphatic carbocycles. The first kappa shape index (κ1) is 20.3. The molecule has 0 aromatic heterocycles. The Labute approximate surface area is 146 Å². The van der Waals surface area contributed by atoms with Gasteiger partial charge in [0.25, 0.3) is 0 Å². The Morgan fingerprint density at radius 3 is 2.50 bits per heavy atom. The summed E-state index contributed by atoms with van der Waals surface area (Å²) in [5.41, 5.74) is 1.15. The summed E-state index contributed by atoms with van der Waals surface area (Å²) in [4.78, 5) is 6.73. The highest BCUT2D eigenvalue weighted by atomic mass is 16.5. The lowest BCUT2D eigenvalue weighted by Gasteiger charge is -2.11. The van der Waals surface area contributed by atoms with Gasteiger partial charge in [0.05, 0.1) is 19.8 Å². The molecular weight excluding hydrogens is 304 g/mol. The van der Waals surface area contributed by atoms with E-state index in [1.54, 1.807) is 7.11 Å². The number of aliphatic imine (C=N–C) groups is 1. The SMILES string of the molecule is CCNC(=NCc1ccc(OCCCN(C)C)cc1)NCCOC. The zero-order chi connectivity index (χ0) is 17.6. The van der Waals surface area contributed by atoms with Crippen LogP contribution >= 0.6 is 0 Å². The van der Waals surface area contributed by atoms with E-state index in [1.807, 2.05) is 12.1 Å². The van der Waals surface area contributed by atoms with Gasteiger partial charge in [-0.25, -0.2) is 4.99 Å². The highest BCUT2D eigenvalue weighted by molar-refractivity contribution is 5.79. The van der Waals surface area contributed by atoms with Gasteiger partial charge in [0.2, 0.25) is 0 Å². The van der Waals surface area contributed by atoms with E-state index in [0.29, 0.717) is 13.2 Å². The van der Waals surface area contributed by atoms with Gasteiger partial charge in [-0.05, 0) is 45.1 Å². The van der Waals surface area contributed by atoms with Gasteiger partial charge < -0.3 is 25.0 Å². The molecule has 0 radical (unpaired) electrons. The molecule has 24 heavy (non-hydrogen) atoms. The predicted molar refractivity (Wildman–Crippen MR) is 99.8 cm³/mol. The fourth-order valence-electron chi connectivity index (χ4n) is 2.05. The second-order valence-corrected chi connectivity index (χ2v) is 5.76. The van der Waals surface area contributed by atoms with E-state index in [9.17, 15) is 0 Å². The van der Waals surface area contributed by atoms with Crippen LogP contribution in [-0.2, 0) is 11.3 Å². The summed E-state index contributed by atoms with van der Waals surface area (Å²) >= 11 is 0. The second-order valence-electron chi connectivity index (χ2n) is 5.76. The first-order chi connectivity index (χ1) is 11.7. The Balaban J connectivity index is 2.42. The van der Waals surface area contributed by atoms with Crippen molar-refractivity contribution in [2.45, 2.75) is 19.9 Å². The fourth-order valence-corrected chi connectivity index (χ4v) is 2.05. The number of nitrogens with zero attached hydrogens (tertiary/aromatic N) is 2. The molecule has 2 N–H and O–H groups in total. The number of ether oxygens (including phenoxy) is 2. The molecular formula is C18H32N4O2. The largest absolute Gasteiger partial charge is 0.494 e. The first-order valence-electron chi connectivity index (χ1n) is 8.53. The van der Waals surface area contributed by atoms with Gasteiger partial charge in [-0.2, -0.15) is 0 Å². The summed E-state index contributed by atoms with van der Waals surface area (Å²) in [6, 6.07) is 8.13. The van der Waals surface area contributed by atoms with Gasteiger partial charge in [-0.1, -0.05) is 12.1 Å². The van der Waals surface area contributed by atoms with Crippen molar-refractivity contribution in [3.05, 3.63) is 29.8 Å². The van der Waals surface area contributed by atoms with E-state index >= 15 is 0 Å². The van der Waals surface area contributed by atoms with Crippen LogP contribution in [0.4, 0.5) is 0 Å². The maximum Gasteiger partial charge on any atom is 0.191 e. The minimum Gasteiger partial charge on any atom is -0.494 e. The molecule has 1 aromatic carbocycles. The van der Waals surface area contributed by atoms with Gasteiger partial charge in [0, 0.05) is 26.7 Å². The highest BCUT2D eigenvalue weighted by Gasteiger charge is 1.99. The fraction of sp³-hybridized carbons (Fsp3) is 0.611. The molecule has 0 heterocycles. The Kier molecular flexibility index (Phi) is 10.6. The van der Waals surface area contributed by atoms with Crippen LogP contribution in [0.25, 0.3) is 0 Å². The Bertz CT molecular complexity index is 461. The van der Waals surface area contributed by atoms with E-state index in [-0.39, 0.29) is 0 Å². The van der Waals surface area contributed by atoms with Crippen molar-refractivity contribution in [1.82, 2.24) is 15.5 Å². The van der Waals surface area contributed by atoms with Crippen LogP contribution in [0.5, 0.6) is 5.75 Å². The lowest BCUT2D eigenvalue weighted by Crippen LogP contribution is -2.38. The molecule has 6 heteroatoms. The third kappa shape index (κ3) is 9.37. The molecule has 0 fully saturated rings. The Morgan fingerprint density at radius 2 is 1.88 bits per heavy atom. The van der Waals surface area contributed by atoms with Crippen molar-refractivity contribution in [3.63, 3.8) is 0 Å². The number of benzene rings is 1. The van der Waals surface area contributed by atoms with E-state index < -0.39 is 0 Å². The third-order valence-electron chi connectivity index (χ3n) is 3.30. The molecule has 0 amide bonds. The summed E-state index contributed by atoms with van der Waals surface area (Å²) in [7, 11) is 5.83. The van der Waals surface area contributed by atoms with Gasteiger partial charge >= 0.3 is 0 Å². The standard InChI is InChI=1S/C18H32N4O2/c1-5-19-18(20-11-14-23-4)21-15-16-7-9-17(10-8-16)24-13-6-12-22(2)3/h7-10H,5-6,11-15H2,1-4H3,(H2,19,20,21). The number of hydrogen-bond donors (Lipinski definition) is 2. The minimum absolute atomic E-state index is 0.628. The number of hydrogen-bond acceptors (Lipinski definition) is 4. The topological polar surface area (TPSA) is 58.1 Å².